The van der Waals surface area contributed by atoms with E-state index >= 15 is 0 Å². The van der Waals surface area contributed by atoms with Crippen molar-refractivity contribution in [3.63, 3.8) is 0 Å². The minimum absolute atomic E-state index is 0.0151. The van der Waals surface area contributed by atoms with Gasteiger partial charge in [0, 0.05) is 11.6 Å². The highest BCUT2D eigenvalue weighted by Crippen LogP contribution is 2.32. The number of piperidine rings is 1. The molecule has 3 rings (SSSR count). The van der Waals surface area contributed by atoms with Gasteiger partial charge in [-0.25, -0.2) is 0 Å². The van der Waals surface area contributed by atoms with Crippen molar-refractivity contribution in [3.8, 4) is 0 Å². The van der Waals surface area contributed by atoms with Crippen LogP contribution < -0.4 is 5.32 Å². The van der Waals surface area contributed by atoms with E-state index in [2.05, 4.69) is 15.5 Å². The molecule has 2 heterocycles. The van der Waals surface area contributed by atoms with Crippen LogP contribution in [0.4, 0.5) is 18.9 Å². The van der Waals surface area contributed by atoms with Gasteiger partial charge in [0.15, 0.2) is 0 Å². The maximum absolute atomic E-state index is 12.5. The molecule has 1 aliphatic rings. The van der Waals surface area contributed by atoms with Gasteiger partial charge in [-0.1, -0.05) is 18.2 Å². The van der Waals surface area contributed by atoms with Crippen LogP contribution in [0.5, 0.6) is 0 Å². The first-order valence-electron chi connectivity index (χ1n) is 8.31. The molecule has 0 atom stereocenters. The Bertz CT molecular complexity index is 767. The summed E-state index contributed by atoms with van der Waals surface area (Å²) < 4.78 is 42.3. The SMILES string of the molecule is Cc1ccccc1NC(=O)CN1CCC(c2nnc(C(F)(F)F)o2)CC1. The number of amides is 1. The molecule has 0 spiro atoms. The molecule has 1 aromatic carbocycles. The first-order chi connectivity index (χ1) is 12.3. The normalized spacial score (nSPS) is 16.6. The van der Waals surface area contributed by atoms with Crippen molar-refractivity contribution < 1.29 is 22.4 Å². The van der Waals surface area contributed by atoms with Gasteiger partial charge in [-0.15, -0.1) is 10.2 Å². The molecule has 1 fully saturated rings. The van der Waals surface area contributed by atoms with Gasteiger partial charge in [0.05, 0.1) is 6.54 Å². The second-order valence-electron chi connectivity index (χ2n) is 6.36. The van der Waals surface area contributed by atoms with E-state index in [9.17, 15) is 18.0 Å². The van der Waals surface area contributed by atoms with Crippen molar-refractivity contribution in [1.29, 1.82) is 0 Å². The fraction of sp³-hybridized carbons (Fsp3) is 0.471. The number of aromatic nitrogens is 2. The van der Waals surface area contributed by atoms with Crippen molar-refractivity contribution in [2.24, 2.45) is 0 Å². The molecule has 2 aromatic rings. The third-order valence-corrected chi connectivity index (χ3v) is 4.41. The highest BCUT2D eigenvalue weighted by Gasteiger charge is 2.39. The van der Waals surface area contributed by atoms with Gasteiger partial charge in [0.2, 0.25) is 11.8 Å². The van der Waals surface area contributed by atoms with E-state index in [4.69, 9.17) is 4.42 Å². The molecule has 1 aliphatic heterocycles. The zero-order valence-electron chi connectivity index (χ0n) is 14.2. The number of halogens is 3. The maximum Gasteiger partial charge on any atom is 0.470 e. The van der Waals surface area contributed by atoms with Crippen LogP contribution in [0.3, 0.4) is 0 Å². The molecule has 9 heteroatoms. The summed E-state index contributed by atoms with van der Waals surface area (Å²) in [5, 5.41) is 9.46. The number of carbonyl (C=O) groups is 1. The quantitative estimate of drug-likeness (QED) is 0.897. The van der Waals surface area contributed by atoms with Gasteiger partial charge in [0.1, 0.15) is 0 Å². The van der Waals surface area contributed by atoms with Gasteiger partial charge in [-0.2, -0.15) is 13.2 Å². The van der Waals surface area contributed by atoms with Crippen LogP contribution in [0, 0.1) is 6.92 Å². The number of nitrogens with zero attached hydrogens (tertiary/aromatic N) is 3. The zero-order valence-corrected chi connectivity index (χ0v) is 14.2. The molecule has 26 heavy (non-hydrogen) atoms. The number of nitrogens with one attached hydrogen (secondary N) is 1. The summed E-state index contributed by atoms with van der Waals surface area (Å²) in [6.45, 7) is 3.31. The molecule has 1 N–H and O–H groups in total. The predicted octanol–water partition coefficient (Wildman–Crippen LogP) is 3.21. The van der Waals surface area contributed by atoms with Gasteiger partial charge in [0.25, 0.3) is 0 Å². The number of anilines is 1. The summed E-state index contributed by atoms with van der Waals surface area (Å²) in [5.74, 6) is -1.63. The molecular formula is C17H19F3N4O2. The van der Waals surface area contributed by atoms with E-state index in [-0.39, 0.29) is 24.3 Å². The van der Waals surface area contributed by atoms with E-state index in [1.807, 2.05) is 36.1 Å². The summed E-state index contributed by atoms with van der Waals surface area (Å²) in [7, 11) is 0. The number of hydrogen-bond acceptors (Lipinski definition) is 5. The Morgan fingerprint density at radius 3 is 2.58 bits per heavy atom. The van der Waals surface area contributed by atoms with Gasteiger partial charge in [-0.05, 0) is 44.5 Å². The highest BCUT2D eigenvalue weighted by atomic mass is 19.4. The van der Waals surface area contributed by atoms with Gasteiger partial charge >= 0.3 is 12.1 Å². The standard InChI is InChI=1S/C17H19F3N4O2/c1-11-4-2-3-5-13(11)21-14(25)10-24-8-6-12(7-9-24)15-22-23-16(26-15)17(18,19)20/h2-5,12H,6-10H2,1H3,(H,21,25). The molecule has 0 aliphatic carbocycles. The minimum atomic E-state index is -4.63. The van der Waals surface area contributed by atoms with Crippen LogP contribution in [-0.2, 0) is 11.0 Å². The third kappa shape index (κ3) is 4.40. The molecule has 0 unspecified atom stereocenters. The summed E-state index contributed by atoms with van der Waals surface area (Å²) in [4.78, 5) is 14.1. The number of para-hydroxylation sites is 1. The van der Waals surface area contributed by atoms with E-state index in [1.165, 1.54) is 0 Å². The van der Waals surface area contributed by atoms with E-state index in [1.54, 1.807) is 0 Å². The fourth-order valence-electron chi connectivity index (χ4n) is 2.96. The summed E-state index contributed by atoms with van der Waals surface area (Å²) >= 11 is 0. The Morgan fingerprint density at radius 2 is 1.96 bits per heavy atom. The molecule has 1 aromatic heterocycles. The molecular weight excluding hydrogens is 349 g/mol. The number of hydrogen-bond donors (Lipinski definition) is 1. The fourth-order valence-corrected chi connectivity index (χ4v) is 2.96. The lowest BCUT2D eigenvalue weighted by molar-refractivity contribution is -0.157. The van der Waals surface area contributed by atoms with Crippen molar-refractivity contribution in [2.75, 3.05) is 25.0 Å². The van der Waals surface area contributed by atoms with Crippen molar-refractivity contribution in [2.45, 2.75) is 31.9 Å². The van der Waals surface area contributed by atoms with Crippen LogP contribution >= 0.6 is 0 Å². The highest BCUT2D eigenvalue weighted by molar-refractivity contribution is 5.92. The third-order valence-electron chi connectivity index (χ3n) is 4.41. The minimum Gasteiger partial charge on any atom is -0.417 e. The monoisotopic (exact) mass is 368 g/mol. The first kappa shape index (κ1) is 18.4. The van der Waals surface area contributed by atoms with E-state index in [0.29, 0.717) is 25.9 Å². The van der Waals surface area contributed by atoms with E-state index < -0.39 is 12.1 Å². The summed E-state index contributed by atoms with van der Waals surface area (Å²) in [6.07, 6.45) is -3.49. The maximum atomic E-state index is 12.5. The molecule has 1 saturated heterocycles. The Morgan fingerprint density at radius 1 is 1.27 bits per heavy atom. The van der Waals surface area contributed by atoms with E-state index in [0.717, 1.165) is 11.3 Å². The van der Waals surface area contributed by atoms with Crippen LogP contribution in [0.2, 0.25) is 0 Å². The molecule has 1 amide bonds. The average Bonchev–Trinajstić information content (AvgIpc) is 3.08. The summed E-state index contributed by atoms with van der Waals surface area (Å²) in [6, 6.07) is 7.51. The molecule has 140 valence electrons. The predicted molar refractivity (Wildman–Crippen MR) is 87.5 cm³/mol. The Labute approximate surface area is 148 Å². The number of aryl methyl sites for hydroxylation is 1. The first-order valence-corrected chi connectivity index (χ1v) is 8.31. The second kappa shape index (κ2) is 7.45. The molecule has 6 nitrogen and oxygen atoms in total. The van der Waals surface area contributed by atoms with Crippen molar-refractivity contribution in [3.05, 3.63) is 41.6 Å². The topological polar surface area (TPSA) is 71.3 Å². The molecule has 0 saturated carbocycles. The Balaban J connectivity index is 1.50. The average molecular weight is 368 g/mol. The Kier molecular flexibility index (Phi) is 5.26. The van der Waals surface area contributed by atoms with Gasteiger partial charge < -0.3 is 9.73 Å². The molecule has 0 bridgehead atoms. The van der Waals surface area contributed by atoms with Crippen LogP contribution in [0.25, 0.3) is 0 Å². The largest absolute Gasteiger partial charge is 0.470 e. The lowest BCUT2D eigenvalue weighted by Gasteiger charge is -2.29. The Hall–Kier alpha value is -2.42. The molecule has 0 radical (unpaired) electrons. The lowest BCUT2D eigenvalue weighted by Crippen LogP contribution is -2.38. The lowest BCUT2D eigenvalue weighted by atomic mass is 9.97. The second-order valence-corrected chi connectivity index (χ2v) is 6.36. The zero-order chi connectivity index (χ0) is 18.7. The number of likely N-dealkylation sites (tertiary alicyclic amines) is 1. The number of benzene rings is 1. The number of carbonyl (C=O) groups excluding carboxylic acids is 1. The van der Waals surface area contributed by atoms with Crippen molar-refractivity contribution >= 4 is 11.6 Å². The van der Waals surface area contributed by atoms with Crippen LogP contribution in [0.1, 0.15) is 36.1 Å². The van der Waals surface area contributed by atoms with Crippen LogP contribution in [0.15, 0.2) is 28.7 Å². The number of alkyl halides is 3. The number of rotatable bonds is 4. The van der Waals surface area contributed by atoms with Crippen LogP contribution in [-0.4, -0.2) is 40.6 Å². The smallest absolute Gasteiger partial charge is 0.417 e. The van der Waals surface area contributed by atoms with Gasteiger partial charge in [-0.3, -0.25) is 9.69 Å². The van der Waals surface area contributed by atoms with Crippen molar-refractivity contribution in [1.82, 2.24) is 15.1 Å². The summed E-state index contributed by atoms with van der Waals surface area (Å²) in [5.41, 5.74) is 1.76.